The zero-order valence-electron chi connectivity index (χ0n) is 37.4. The number of nitrogens with one attached hydrogen (secondary N) is 3. The van der Waals surface area contributed by atoms with Gasteiger partial charge in [-0.2, -0.15) is 4.98 Å². The average Bonchev–Trinajstić information content (AvgIpc) is 3.98. The number of pyridine rings is 1. The van der Waals surface area contributed by atoms with Crippen molar-refractivity contribution >= 4 is 45.9 Å². The summed E-state index contributed by atoms with van der Waals surface area (Å²) in [6.07, 6.45) is 18.2. The van der Waals surface area contributed by atoms with Crippen molar-refractivity contribution in [2.45, 2.75) is 111 Å². The lowest BCUT2D eigenvalue weighted by Crippen LogP contribution is -2.67. The van der Waals surface area contributed by atoms with E-state index in [1.165, 1.54) is 57.8 Å². The predicted octanol–water partition coefficient (Wildman–Crippen LogP) is 8.77. The number of amides is 2. The smallest absolute Gasteiger partial charge is 0.257 e. The summed E-state index contributed by atoms with van der Waals surface area (Å²) < 4.78 is 7.42. The second-order valence-electron chi connectivity index (χ2n) is 19.5. The van der Waals surface area contributed by atoms with Crippen molar-refractivity contribution in [2.75, 3.05) is 61.9 Å². The molecule has 330 valence electrons. The topological polar surface area (TPSA) is 134 Å². The van der Waals surface area contributed by atoms with Gasteiger partial charge in [0.15, 0.2) is 5.65 Å². The first kappa shape index (κ1) is 42.3. The van der Waals surface area contributed by atoms with Gasteiger partial charge in [0.1, 0.15) is 5.75 Å². The number of fused-ring (bicyclic) bond motifs is 2. The first-order chi connectivity index (χ1) is 30.0. The Hall–Kier alpha value is -4.97. The van der Waals surface area contributed by atoms with Crippen molar-refractivity contribution in [3.05, 3.63) is 70.6 Å². The molecule has 2 amide bonds. The van der Waals surface area contributed by atoms with E-state index >= 15 is 0 Å². The standard InChI is InChI=1S/C50H66N8O4/c1-5-48(3)33-49(30-35-19-20-50(48,49)31-35)46(61)51-21-10-8-6-7-9-11-22-56-23-25-57(26-24-56)38-17-18-41(42(29-38)62-4)54-47-52-32-40-34(2)27-43(59)58(44(40)55-47)39-14-12-13-37(28-39)53-45(60)36-15-16-36/h12-14,17-18,27-29,32,35-36H,5-11,15-16,19-26,30-31,33H2,1-4H3,(H,51,61)(H,53,60)(H,52,54,55)/t35?,48?,49-,50?/m0/s1. The molecule has 2 aromatic heterocycles. The van der Waals surface area contributed by atoms with Crippen molar-refractivity contribution in [1.82, 2.24) is 24.8 Å². The third kappa shape index (κ3) is 7.85. The highest BCUT2D eigenvalue weighted by molar-refractivity contribution is 5.94. The molecule has 4 atom stereocenters. The van der Waals surface area contributed by atoms with Gasteiger partial charge >= 0.3 is 0 Å². The number of rotatable bonds is 18. The summed E-state index contributed by atoms with van der Waals surface area (Å²) in [5, 5.41) is 10.5. The van der Waals surface area contributed by atoms with E-state index in [1.807, 2.05) is 37.3 Å². The molecule has 2 bridgehead atoms. The molecule has 1 aliphatic heterocycles. The number of hydrogen-bond donors (Lipinski definition) is 3. The first-order valence-electron chi connectivity index (χ1n) is 23.6. The van der Waals surface area contributed by atoms with Crippen LogP contribution in [0, 0.1) is 35.0 Å². The van der Waals surface area contributed by atoms with Gasteiger partial charge in [-0.1, -0.05) is 52.0 Å². The fourth-order valence-corrected chi connectivity index (χ4v) is 12.1. The fraction of sp³-hybridized carbons (Fsp3) is 0.580. The molecule has 1 spiro atoms. The monoisotopic (exact) mass is 843 g/mol. The fourth-order valence-electron chi connectivity index (χ4n) is 12.1. The minimum Gasteiger partial charge on any atom is -0.494 e. The van der Waals surface area contributed by atoms with E-state index in [9.17, 15) is 14.4 Å². The van der Waals surface area contributed by atoms with E-state index in [-0.39, 0.29) is 28.2 Å². The highest BCUT2D eigenvalue weighted by Gasteiger charge is 2.78. The quantitative estimate of drug-likeness (QED) is 0.0842. The van der Waals surface area contributed by atoms with Crippen molar-refractivity contribution in [1.29, 1.82) is 0 Å². The number of hydrogen-bond acceptors (Lipinski definition) is 9. The molecule has 3 N–H and O–H groups in total. The molecule has 2 aromatic carbocycles. The van der Waals surface area contributed by atoms with E-state index in [1.54, 1.807) is 23.9 Å². The maximum Gasteiger partial charge on any atom is 0.257 e. The molecular formula is C50H66N8O4. The van der Waals surface area contributed by atoms with E-state index in [2.05, 4.69) is 56.7 Å². The summed E-state index contributed by atoms with van der Waals surface area (Å²) >= 11 is 0. The van der Waals surface area contributed by atoms with E-state index in [0.29, 0.717) is 40.0 Å². The first-order valence-corrected chi connectivity index (χ1v) is 23.6. The largest absolute Gasteiger partial charge is 0.494 e. The van der Waals surface area contributed by atoms with Crippen LogP contribution < -0.4 is 31.1 Å². The number of aromatic nitrogens is 3. The summed E-state index contributed by atoms with van der Waals surface area (Å²) in [6, 6.07) is 15.1. The second-order valence-corrected chi connectivity index (χ2v) is 19.5. The third-order valence-electron chi connectivity index (χ3n) is 15.9. The molecule has 12 nitrogen and oxygen atoms in total. The van der Waals surface area contributed by atoms with Crippen LogP contribution in [0.1, 0.15) is 109 Å². The Balaban J connectivity index is 0.722. The molecule has 5 fully saturated rings. The number of carbonyl (C=O) groups is 2. The Morgan fingerprint density at radius 2 is 1.71 bits per heavy atom. The highest BCUT2D eigenvalue weighted by atomic mass is 16.5. The van der Waals surface area contributed by atoms with Gasteiger partial charge in [0, 0.05) is 73.7 Å². The highest BCUT2D eigenvalue weighted by Crippen LogP contribution is 2.82. The zero-order valence-corrected chi connectivity index (χ0v) is 37.4. The van der Waals surface area contributed by atoms with Crippen LogP contribution >= 0.6 is 0 Å². The van der Waals surface area contributed by atoms with Crippen LogP contribution in [0.15, 0.2) is 59.5 Å². The van der Waals surface area contributed by atoms with E-state index in [0.717, 1.165) is 99.6 Å². The molecule has 4 saturated carbocycles. The Bertz CT molecular complexity index is 2370. The van der Waals surface area contributed by atoms with Crippen LogP contribution in [0.3, 0.4) is 0 Å². The number of methoxy groups -OCH3 is 1. The summed E-state index contributed by atoms with van der Waals surface area (Å²) in [5.74, 6) is 2.28. The lowest BCUT2D eigenvalue weighted by Gasteiger charge is -2.67. The summed E-state index contributed by atoms with van der Waals surface area (Å²) in [7, 11) is 1.67. The predicted molar refractivity (Wildman–Crippen MR) is 247 cm³/mol. The third-order valence-corrected chi connectivity index (χ3v) is 15.9. The maximum atomic E-state index is 13.5. The van der Waals surface area contributed by atoms with Crippen LogP contribution in [-0.2, 0) is 9.59 Å². The van der Waals surface area contributed by atoms with Gasteiger partial charge in [-0.05, 0) is 124 Å². The lowest BCUT2D eigenvalue weighted by atomic mass is 9.36. The van der Waals surface area contributed by atoms with E-state index < -0.39 is 0 Å². The van der Waals surface area contributed by atoms with Gasteiger partial charge in [0.05, 0.1) is 23.9 Å². The van der Waals surface area contributed by atoms with Crippen molar-refractivity contribution in [3.8, 4) is 11.4 Å². The molecule has 9 rings (SSSR count). The Morgan fingerprint density at radius 3 is 2.47 bits per heavy atom. The van der Waals surface area contributed by atoms with Gasteiger partial charge in [-0.25, -0.2) is 4.98 Å². The van der Waals surface area contributed by atoms with E-state index in [4.69, 9.17) is 9.72 Å². The van der Waals surface area contributed by atoms with Crippen molar-refractivity contribution in [2.24, 2.45) is 28.1 Å². The normalized spacial score (nSPS) is 25.4. The van der Waals surface area contributed by atoms with Crippen LogP contribution in [0.2, 0.25) is 0 Å². The molecule has 62 heavy (non-hydrogen) atoms. The average molecular weight is 843 g/mol. The Morgan fingerprint density at radius 1 is 0.919 bits per heavy atom. The number of aryl methyl sites for hydroxylation is 1. The Kier molecular flexibility index (Phi) is 11.8. The van der Waals surface area contributed by atoms with Gasteiger partial charge in [-0.15, -0.1) is 0 Å². The second kappa shape index (κ2) is 17.3. The molecule has 4 aliphatic carbocycles. The van der Waals surface area contributed by atoms with Gasteiger partial charge in [0.25, 0.3) is 5.56 Å². The number of ether oxygens (including phenoxy) is 1. The molecule has 4 aromatic rings. The molecule has 3 unspecified atom stereocenters. The van der Waals surface area contributed by atoms with Gasteiger partial charge in [-0.3, -0.25) is 23.9 Å². The molecule has 1 saturated heterocycles. The summed E-state index contributed by atoms with van der Waals surface area (Å²) in [6.45, 7) is 12.6. The maximum absolute atomic E-state index is 13.5. The molecule has 3 heterocycles. The summed E-state index contributed by atoms with van der Waals surface area (Å²) in [5.41, 5.74) is 4.74. The van der Waals surface area contributed by atoms with Crippen LogP contribution in [-0.4, -0.2) is 77.6 Å². The summed E-state index contributed by atoms with van der Waals surface area (Å²) in [4.78, 5) is 53.9. The molecule has 12 heteroatoms. The molecule has 0 radical (unpaired) electrons. The minimum absolute atomic E-state index is 0.0119. The van der Waals surface area contributed by atoms with Crippen LogP contribution in [0.4, 0.5) is 23.0 Å². The Labute approximate surface area is 366 Å². The SMILES string of the molecule is CCC1(C)C[C@]2(C(=O)NCCCCCCCCN3CCN(c4ccc(Nc5ncc6c(C)cc(=O)n(-c7cccc(NC(=O)C8CC8)c7)c6n5)c(OC)c4)CC3)CC3CCC12C3. The van der Waals surface area contributed by atoms with Crippen LogP contribution in [0.25, 0.3) is 16.7 Å². The molecular weight excluding hydrogens is 777 g/mol. The van der Waals surface area contributed by atoms with Gasteiger partial charge in [0.2, 0.25) is 17.8 Å². The molecule has 5 aliphatic rings. The number of carbonyl (C=O) groups excluding carboxylic acids is 2. The van der Waals surface area contributed by atoms with Crippen molar-refractivity contribution in [3.63, 3.8) is 0 Å². The minimum atomic E-state index is -0.215. The number of benzene rings is 2. The number of nitrogens with zero attached hydrogens (tertiary/aromatic N) is 5. The number of unbranched alkanes of at least 4 members (excludes halogenated alkanes) is 5. The van der Waals surface area contributed by atoms with Crippen LogP contribution in [0.5, 0.6) is 5.75 Å². The van der Waals surface area contributed by atoms with Crippen molar-refractivity contribution < 1.29 is 14.3 Å². The van der Waals surface area contributed by atoms with Gasteiger partial charge < -0.3 is 25.6 Å². The lowest BCUT2D eigenvalue weighted by molar-refractivity contribution is -0.203. The zero-order chi connectivity index (χ0) is 43.1. The number of piperazine rings is 1. The number of anilines is 4.